The van der Waals surface area contributed by atoms with E-state index in [1.54, 1.807) is 12.1 Å². The first-order chi connectivity index (χ1) is 11.7. The van der Waals surface area contributed by atoms with Crippen LogP contribution in [0.1, 0.15) is 52.1 Å². The summed E-state index contributed by atoms with van der Waals surface area (Å²) in [6, 6.07) is 6.42. The summed E-state index contributed by atoms with van der Waals surface area (Å²) < 4.78 is 5.46. The second-order valence-electron chi connectivity index (χ2n) is 7.07. The van der Waals surface area contributed by atoms with E-state index in [2.05, 4.69) is 37.9 Å². The lowest BCUT2D eigenvalue weighted by Gasteiger charge is -2.22. The van der Waals surface area contributed by atoms with E-state index in [1.807, 2.05) is 32.2 Å². The van der Waals surface area contributed by atoms with E-state index in [1.165, 1.54) is 0 Å². The first-order valence-electron chi connectivity index (χ1n) is 8.72. The van der Waals surface area contributed by atoms with Crippen molar-refractivity contribution in [3.63, 3.8) is 0 Å². The molecule has 137 valence electrons. The number of benzene rings is 1. The van der Waals surface area contributed by atoms with E-state index in [9.17, 15) is 9.90 Å². The molecule has 2 unspecified atom stereocenters. The van der Waals surface area contributed by atoms with Gasteiger partial charge in [-0.25, -0.2) is 0 Å². The number of nitrogens with one attached hydrogen (secondary N) is 1. The quantitative estimate of drug-likeness (QED) is 0.569. The molecule has 1 aromatic rings. The summed E-state index contributed by atoms with van der Waals surface area (Å²) in [6.45, 7) is 12.1. The maximum Gasteiger partial charge on any atom is 0.310 e. The molecule has 0 aliphatic carbocycles. The number of carbonyl (C=O) groups excluding carboxylic acids is 1. The van der Waals surface area contributed by atoms with Gasteiger partial charge in [0.25, 0.3) is 9.04 Å². The molecule has 1 radical (unpaired) electrons. The molecule has 0 aliphatic rings. The topological polar surface area (TPSA) is 58.6 Å². The number of aromatic hydroxyl groups is 1. The van der Waals surface area contributed by atoms with Crippen LogP contribution < -0.4 is 5.32 Å². The number of phenols is 1. The fraction of sp³-hybridized carbons (Fsp3) is 0.550. The molecule has 2 atom stereocenters. The van der Waals surface area contributed by atoms with Crippen molar-refractivity contribution in [3.05, 3.63) is 29.8 Å². The van der Waals surface area contributed by atoms with Crippen LogP contribution in [-0.4, -0.2) is 26.2 Å². The summed E-state index contributed by atoms with van der Waals surface area (Å²) in [5.41, 5.74) is 0.683. The van der Waals surface area contributed by atoms with Crippen LogP contribution in [0.25, 0.3) is 0 Å². The average Bonchev–Trinajstić information content (AvgIpc) is 2.53. The van der Waals surface area contributed by atoms with Crippen molar-refractivity contribution in [2.45, 2.75) is 65.7 Å². The van der Waals surface area contributed by atoms with Crippen molar-refractivity contribution in [2.24, 2.45) is 5.41 Å². The van der Waals surface area contributed by atoms with Gasteiger partial charge in [0.05, 0.1) is 0 Å². The van der Waals surface area contributed by atoms with E-state index < -0.39 is 15.1 Å². The van der Waals surface area contributed by atoms with Crippen molar-refractivity contribution >= 4 is 15.0 Å². The van der Waals surface area contributed by atoms with Crippen molar-refractivity contribution in [1.29, 1.82) is 0 Å². The molecule has 0 saturated heterocycles. The molecule has 0 aliphatic heterocycles. The Balaban J connectivity index is 2.91. The largest absolute Gasteiger partial charge is 0.517 e. The van der Waals surface area contributed by atoms with Crippen LogP contribution in [0, 0.1) is 17.3 Å². The number of carbonyl (C=O) groups is 1. The third-order valence-corrected chi connectivity index (χ3v) is 4.67. The summed E-state index contributed by atoms with van der Waals surface area (Å²) in [6.07, 6.45) is 1.34. The minimum atomic E-state index is -1.13. The van der Waals surface area contributed by atoms with Crippen molar-refractivity contribution in [1.82, 2.24) is 5.32 Å². The van der Waals surface area contributed by atoms with E-state index >= 15 is 0 Å². The highest BCUT2D eigenvalue weighted by molar-refractivity contribution is 6.50. The molecule has 0 fully saturated rings. The highest BCUT2D eigenvalue weighted by atomic mass is 28.3. The highest BCUT2D eigenvalue weighted by Gasteiger charge is 2.24. The van der Waals surface area contributed by atoms with Crippen LogP contribution >= 0.6 is 0 Å². The number of hydrogen-bond acceptors (Lipinski definition) is 4. The van der Waals surface area contributed by atoms with Crippen molar-refractivity contribution in [3.8, 4) is 17.6 Å². The van der Waals surface area contributed by atoms with E-state index in [0.29, 0.717) is 6.42 Å². The molecule has 0 bridgehead atoms. The summed E-state index contributed by atoms with van der Waals surface area (Å²) in [7, 11) is -1.13. The number of hydrogen-bond donors (Lipinski definition) is 2. The number of rotatable bonds is 7. The Kier molecular flexibility index (Phi) is 8.20. The Hall–Kier alpha value is -1.77. The molecular formula is C20H30NO3Si. The predicted molar refractivity (Wildman–Crippen MR) is 103 cm³/mol. The SMILES string of the molecule is CCC(C)(C)C#CCC(NC(C)c1ccccc1O)C(=O)O[Si](C)C. The lowest BCUT2D eigenvalue weighted by atomic mass is 9.91. The van der Waals surface area contributed by atoms with Crippen LogP contribution in [0.3, 0.4) is 0 Å². The fourth-order valence-electron chi connectivity index (χ4n) is 2.21. The third kappa shape index (κ3) is 7.33. The maximum absolute atomic E-state index is 12.4. The second-order valence-corrected chi connectivity index (χ2v) is 9.09. The molecule has 1 rings (SSSR count). The molecule has 0 spiro atoms. The molecule has 0 aromatic heterocycles. The standard InChI is InChI=1S/C20H30NO3Si/c1-7-20(3,4)14-10-12-17(19(23)24-25(5)6)21-15(2)16-11-8-9-13-18(16)22/h8-9,11,13,15,17,21-22H,7,12H2,1-6H3. The van der Waals surface area contributed by atoms with Crippen LogP contribution in [0.15, 0.2) is 24.3 Å². The molecule has 0 saturated carbocycles. The summed E-state index contributed by atoms with van der Waals surface area (Å²) >= 11 is 0. The molecule has 0 heterocycles. The molecule has 2 N–H and O–H groups in total. The average molecular weight is 361 g/mol. The predicted octanol–water partition coefficient (Wildman–Crippen LogP) is 4.04. The molecule has 25 heavy (non-hydrogen) atoms. The number of para-hydroxylation sites is 1. The van der Waals surface area contributed by atoms with Gasteiger partial charge in [0.1, 0.15) is 11.8 Å². The van der Waals surface area contributed by atoms with Gasteiger partial charge in [0, 0.05) is 23.4 Å². The molecule has 1 aromatic carbocycles. The minimum Gasteiger partial charge on any atom is -0.517 e. The smallest absolute Gasteiger partial charge is 0.310 e. The van der Waals surface area contributed by atoms with E-state index in [-0.39, 0.29) is 23.2 Å². The summed E-state index contributed by atoms with van der Waals surface area (Å²) in [5, 5.41) is 13.3. The Labute approximate surface area is 153 Å². The lowest BCUT2D eigenvalue weighted by molar-refractivity contribution is -0.137. The second kappa shape index (κ2) is 9.64. The van der Waals surface area contributed by atoms with Gasteiger partial charge in [-0.1, -0.05) is 31.0 Å². The Morgan fingerprint density at radius 3 is 2.56 bits per heavy atom. The van der Waals surface area contributed by atoms with Crippen molar-refractivity contribution in [2.75, 3.05) is 0 Å². The van der Waals surface area contributed by atoms with E-state index in [0.717, 1.165) is 12.0 Å². The Bertz CT molecular complexity index is 631. The Morgan fingerprint density at radius 1 is 1.36 bits per heavy atom. The first kappa shape index (κ1) is 21.3. The summed E-state index contributed by atoms with van der Waals surface area (Å²) in [4.78, 5) is 12.4. The van der Waals surface area contributed by atoms with Gasteiger partial charge >= 0.3 is 5.97 Å². The Morgan fingerprint density at radius 2 is 2.00 bits per heavy atom. The third-order valence-electron chi connectivity index (χ3n) is 4.06. The monoisotopic (exact) mass is 360 g/mol. The zero-order valence-corrected chi connectivity index (χ0v) is 17.1. The van der Waals surface area contributed by atoms with Crippen LogP contribution in [0.2, 0.25) is 13.1 Å². The number of phenolic OH excluding ortho intramolecular Hbond substituents is 1. The summed E-state index contributed by atoms with van der Waals surface area (Å²) in [5.74, 6) is 6.31. The molecular weight excluding hydrogens is 330 g/mol. The zero-order valence-electron chi connectivity index (χ0n) is 16.1. The van der Waals surface area contributed by atoms with Gasteiger partial charge in [0.2, 0.25) is 0 Å². The lowest BCUT2D eigenvalue weighted by Crippen LogP contribution is -2.40. The van der Waals surface area contributed by atoms with Gasteiger partial charge in [-0.15, -0.1) is 5.92 Å². The molecule has 0 amide bonds. The van der Waals surface area contributed by atoms with Crippen LogP contribution in [-0.2, 0) is 9.22 Å². The van der Waals surface area contributed by atoms with Gasteiger partial charge in [-0.3, -0.25) is 10.1 Å². The first-order valence-corrected chi connectivity index (χ1v) is 11.1. The van der Waals surface area contributed by atoms with Crippen molar-refractivity contribution < 1.29 is 14.3 Å². The molecule has 4 nitrogen and oxygen atoms in total. The fourth-order valence-corrected chi connectivity index (χ4v) is 2.75. The molecule has 5 heteroatoms. The van der Waals surface area contributed by atoms with E-state index in [4.69, 9.17) is 4.43 Å². The maximum atomic E-state index is 12.4. The van der Waals surface area contributed by atoms with Crippen LogP contribution in [0.5, 0.6) is 5.75 Å². The normalized spacial score (nSPS) is 13.7. The minimum absolute atomic E-state index is 0.0672. The highest BCUT2D eigenvalue weighted by Crippen LogP contribution is 2.24. The van der Waals surface area contributed by atoms with Gasteiger partial charge in [-0.2, -0.15) is 0 Å². The van der Waals surface area contributed by atoms with Crippen LogP contribution in [0.4, 0.5) is 0 Å². The van der Waals surface area contributed by atoms with Gasteiger partial charge in [0.15, 0.2) is 0 Å². The zero-order chi connectivity index (χ0) is 19.0. The van der Waals surface area contributed by atoms with Gasteiger partial charge < -0.3 is 9.53 Å². The van der Waals surface area contributed by atoms with Gasteiger partial charge in [-0.05, 0) is 46.4 Å².